The average molecular weight is 348 g/mol. The van der Waals surface area contributed by atoms with Crippen LogP contribution in [0.25, 0.3) is 0 Å². The molecule has 0 unspecified atom stereocenters. The van der Waals surface area contributed by atoms with E-state index in [0.29, 0.717) is 23.1 Å². The van der Waals surface area contributed by atoms with Crippen molar-refractivity contribution in [3.8, 4) is 5.75 Å². The highest BCUT2D eigenvalue weighted by atomic mass is 35.5. The standard InChI is InChI=1S/C13H17N3O4S.ClH/c1-20-11-4-10(16(18)19)9(3-12(11)21-2)13(17)15-7-8-5-14-6-8;/h3-4,8,14H,5-7H2,1-2H3,(H,15,17);1H. The Kier molecular flexibility index (Phi) is 6.92. The lowest BCUT2D eigenvalue weighted by Crippen LogP contribution is -2.48. The van der Waals surface area contributed by atoms with Crippen molar-refractivity contribution in [3.05, 3.63) is 27.8 Å². The van der Waals surface area contributed by atoms with Crippen LogP contribution in [0.3, 0.4) is 0 Å². The monoisotopic (exact) mass is 347 g/mol. The molecule has 1 aliphatic rings. The fourth-order valence-electron chi connectivity index (χ4n) is 2.03. The van der Waals surface area contributed by atoms with Crippen molar-refractivity contribution < 1.29 is 14.5 Å². The van der Waals surface area contributed by atoms with Gasteiger partial charge < -0.3 is 15.4 Å². The fourth-order valence-corrected chi connectivity index (χ4v) is 2.61. The number of methoxy groups -OCH3 is 1. The van der Waals surface area contributed by atoms with Crippen molar-refractivity contribution in [1.29, 1.82) is 0 Å². The lowest BCUT2D eigenvalue weighted by molar-refractivity contribution is -0.385. The minimum absolute atomic E-state index is 0. The van der Waals surface area contributed by atoms with Gasteiger partial charge in [0.2, 0.25) is 0 Å². The highest BCUT2D eigenvalue weighted by molar-refractivity contribution is 7.98. The van der Waals surface area contributed by atoms with Gasteiger partial charge in [-0.2, -0.15) is 0 Å². The van der Waals surface area contributed by atoms with Gasteiger partial charge in [0.1, 0.15) is 11.3 Å². The van der Waals surface area contributed by atoms with E-state index in [1.165, 1.54) is 31.0 Å². The number of amides is 1. The van der Waals surface area contributed by atoms with Gasteiger partial charge in [0, 0.05) is 25.6 Å². The second kappa shape index (κ2) is 8.21. The average Bonchev–Trinajstić information content (AvgIpc) is 2.43. The quantitative estimate of drug-likeness (QED) is 0.462. The number of halogens is 1. The van der Waals surface area contributed by atoms with Crippen LogP contribution in [-0.4, -0.2) is 43.8 Å². The van der Waals surface area contributed by atoms with Gasteiger partial charge in [-0.05, 0) is 12.3 Å². The summed E-state index contributed by atoms with van der Waals surface area (Å²) in [5.41, 5.74) is -0.175. The van der Waals surface area contributed by atoms with E-state index in [9.17, 15) is 14.9 Å². The first-order valence-electron chi connectivity index (χ1n) is 6.46. The maximum Gasteiger partial charge on any atom is 0.285 e. The lowest BCUT2D eigenvalue weighted by atomic mass is 10.0. The number of ether oxygens (including phenoxy) is 1. The molecule has 0 atom stereocenters. The number of thioether (sulfide) groups is 1. The molecule has 122 valence electrons. The zero-order valence-electron chi connectivity index (χ0n) is 12.3. The van der Waals surface area contributed by atoms with E-state index in [1.54, 1.807) is 0 Å². The fraction of sp³-hybridized carbons (Fsp3) is 0.462. The van der Waals surface area contributed by atoms with E-state index in [0.717, 1.165) is 13.1 Å². The second-order valence-corrected chi connectivity index (χ2v) is 5.56. The van der Waals surface area contributed by atoms with Crippen molar-refractivity contribution in [2.75, 3.05) is 33.0 Å². The molecule has 2 N–H and O–H groups in total. The zero-order valence-corrected chi connectivity index (χ0v) is 13.9. The van der Waals surface area contributed by atoms with Crippen LogP contribution in [-0.2, 0) is 0 Å². The summed E-state index contributed by atoms with van der Waals surface area (Å²) in [6.45, 7) is 2.24. The van der Waals surface area contributed by atoms with Crippen LogP contribution >= 0.6 is 24.2 Å². The predicted octanol–water partition coefficient (Wildman–Crippen LogP) is 1.70. The van der Waals surface area contributed by atoms with Crippen LogP contribution in [0.15, 0.2) is 17.0 Å². The summed E-state index contributed by atoms with van der Waals surface area (Å²) in [6.07, 6.45) is 1.82. The molecule has 1 aromatic rings. The third kappa shape index (κ3) is 4.02. The molecule has 1 fully saturated rings. The van der Waals surface area contributed by atoms with Crippen molar-refractivity contribution in [1.82, 2.24) is 10.6 Å². The van der Waals surface area contributed by atoms with Gasteiger partial charge >= 0.3 is 0 Å². The first kappa shape index (κ1) is 18.5. The van der Waals surface area contributed by atoms with E-state index < -0.39 is 10.8 Å². The van der Waals surface area contributed by atoms with Crippen LogP contribution < -0.4 is 15.4 Å². The molecule has 0 aliphatic carbocycles. The van der Waals surface area contributed by atoms with Crippen molar-refractivity contribution in [2.45, 2.75) is 4.90 Å². The first-order valence-corrected chi connectivity index (χ1v) is 7.68. The van der Waals surface area contributed by atoms with Gasteiger partial charge in [0.25, 0.3) is 11.6 Å². The Morgan fingerprint density at radius 2 is 2.23 bits per heavy atom. The van der Waals surface area contributed by atoms with Crippen LogP contribution in [0, 0.1) is 16.0 Å². The molecule has 0 saturated carbocycles. The third-order valence-electron chi connectivity index (χ3n) is 3.36. The molecule has 0 spiro atoms. The Balaban J connectivity index is 0.00000242. The van der Waals surface area contributed by atoms with E-state index >= 15 is 0 Å². The van der Waals surface area contributed by atoms with Crippen LogP contribution in [0.2, 0.25) is 0 Å². The number of hydrogen-bond donors (Lipinski definition) is 2. The molecule has 2 rings (SSSR count). The Bertz CT molecular complexity index is 566. The number of nitro benzene ring substituents is 1. The maximum atomic E-state index is 12.2. The molecular weight excluding hydrogens is 330 g/mol. The molecule has 9 heteroatoms. The molecule has 1 aliphatic heterocycles. The lowest BCUT2D eigenvalue weighted by Gasteiger charge is -2.27. The normalized spacial score (nSPS) is 13.7. The summed E-state index contributed by atoms with van der Waals surface area (Å²) in [6, 6.07) is 2.81. The highest BCUT2D eigenvalue weighted by Gasteiger charge is 2.25. The van der Waals surface area contributed by atoms with Gasteiger partial charge in [-0.15, -0.1) is 24.2 Å². The van der Waals surface area contributed by atoms with Gasteiger partial charge in [-0.25, -0.2) is 0 Å². The number of hydrogen-bond acceptors (Lipinski definition) is 6. The number of nitrogens with zero attached hydrogens (tertiary/aromatic N) is 1. The van der Waals surface area contributed by atoms with Gasteiger partial charge in [0.15, 0.2) is 0 Å². The van der Waals surface area contributed by atoms with E-state index in [-0.39, 0.29) is 23.7 Å². The minimum atomic E-state index is -0.563. The van der Waals surface area contributed by atoms with E-state index in [1.807, 2.05) is 6.26 Å². The number of nitro groups is 1. The zero-order chi connectivity index (χ0) is 15.4. The smallest absolute Gasteiger partial charge is 0.285 e. The van der Waals surface area contributed by atoms with Crippen molar-refractivity contribution >= 4 is 35.8 Å². The van der Waals surface area contributed by atoms with Crippen LogP contribution in [0.4, 0.5) is 5.69 Å². The summed E-state index contributed by atoms with van der Waals surface area (Å²) in [4.78, 5) is 23.5. The van der Waals surface area contributed by atoms with E-state index in [4.69, 9.17) is 4.74 Å². The number of nitrogens with one attached hydrogen (secondary N) is 2. The molecule has 1 aromatic carbocycles. The highest BCUT2D eigenvalue weighted by Crippen LogP contribution is 2.34. The SMILES string of the molecule is COc1cc([N+](=O)[O-])c(C(=O)NCC2CNC2)cc1SC.Cl. The number of rotatable bonds is 6. The van der Waals surface area contributed by atoms with E-state index in [2.05, 4.69) is 10.6 Å². The Hall–Kier alpha value is -1.51. The predicted molar refractivity (Wildman–Crippen MR) is 87.4 cm³/mol. The van der Waals surface area contributed by atoms with Crippen molar-refractivity contribution in [3.63, 3.8) is 0 Å². The summed E-state index contributed by atoms with van der Waals surface area (Å²) in [7, 11) is 1.45. The molecule has 0 radical (unpaired) electrons. The van der Waals surface area contributed by atoms with Crippen LogP contribution in [0.5, 0.6) is 5.75 Å². The largest absolute Gasteiger partial charge is 0.495 e. The molecule has 0 bridgehead atoms. The molecule has 1 heterocycles. The third-order valence-corrected chi connectivity index (χ3v) is 4.12. The number of carbonyl (C=O) groups is 1. The maximum absolute atomic E-state index is 12.2. The second-order valence-electron chi connectivity index (χ2n) is 4.72. The number of carbonyl (C=O) groups excluding carboxylic acids is 1. The molecular formula is C13H18ClN3O4S. The number of benzene rings is 1. The molecule has 1 saturated heterocycles. The molecule has 1 amide bonds. The molecule has 7 nitrogen and oxygen atoms in total. The Morgan fingerprint density at radius 3 is 2.68 bits per heavy atom. The Morgan fingerprint density at radius 1 is 1.55 bits per heavy atom. The molecule has 0 aromatic heterocycles. The summed E-state index contributed by atoms with van der Waals surface area (Å²) < 4.78 is 5.12. The summed E-state index contributed by atoms with van der Waals surface area (Å²) in [5, 5.41) is 17.0. The van der Waals surface area contributed by atoms with Crippen LogP contribution in [0.1, 0.15) is 10.4 Å². The molecule has 22 heavy (non-hydrogen) atoms. The topological polar surface area (TPSA) is 93.5 Å². The van der Waals surface area contributed by atoms with Crippen molar-refractivity contribution in [2.24, 2.45) is 5.92 Å². The summed E-state index contributed by atoms with van der Waals surface area (Å²) >= 11 is 1.37. The minimum Gasteiger partial charge on any atom is -0.495 e. The first-order chi connectivity index (χ1) is 10.1. The van der Waals surface area contributed by atoms with Gasteiger partial charge in [-0.3, -0.25) is 14.9 Å². The summed E-state index contributed by atoms with van der Waals surface area (Å²) in [5.74, 6) is 0.367. The van der Waals surface area contributed by atoms with Gasteiger partial charge in [0.05, 0.1) is 23.0 Å². The Labute approximate surface area is 138 Å². The van der Waals surface area contributed by atoms with Gasteiger partial charge in [-0.1, -0.05) is 0 Å².